The molecule has 1 N–H and O–H groups in total. The Balaban J connectivity index is 1.67. The van der Waals surface area contributed by atoms with Crippen LogP contribution in [0, 0.1) is 0 Å². The predicted molar refractivity (Wildman–Crippen MR) is 123 cm³/mol. The number of likely N-dealkylation sites (tertiary alicyclic amines) is 2. The van der Waals surface area contributed by atoms with Crippen molar-refractivity contribution in [2.24, 2.45) is 9.98 Å². The predicted octanol–water partition coefficient (Wildman–Crippen LogP) is 3.72. The van der Waals surface area contributed by atoms with Gasteiger partial charge in [0.2, 0.25) is 0 Å². The van der Waals surface area contributed by atoms with Crippen LogP contribution in [0.15, 0.2) is 22.1 Å². The summed E-state index contributed by atoms with van der Waals surface area (Å²) in [5.41, 5.74) is 2.78. The van der Waals surface area contributed by atoms with Gasteiger partial charge in [0, 0.05) is 36.6 Å². The molecule has 2 fully saturated rings. The van der Waals surface area contributed by atoms with Crippen LogP contribution >= 0.6 is 0 Å². The second kappa shape index (κ2) is 10.4. The number of aromatic hydroxyl groups is 1. The molecule has 0 atom stereocenters. The summed E-state index contributed by atoms with van der Waals surface area (Å²) in [7, 11) is 0. The van der Waals surface area contributed by atoms with Gasteiger partial charge >= 0.3 is 0 Å². The highest BCUT2D eigenvalue weighted by Gasteiger charge is 2.18. The van der Waals surface area contributed by atoms with E-state index in [2.05, 4.69) is 52.7 Å². The van der Waals surface area contributed by atoms with E-state index in [0.717, 1.165) is 37.3 Å². The van der Waals surface area contributed by atoms with E-state index in [1.165, 1.54) is 57.4 Å². The highest BCUT2D eigenvalue weighted by molar-refractivity contribution is 5.92. The van der Waals surface area contributed by atoms with Crippen LogP contribution in [0.1, 0.15) is 63.1 Å². The number of nitrogens with zero attached hydrogens (tertiary/aromatic N) is 4. The van der Waals surface area contributed by atoms with Crippen molar-refractivity contribution in [2.75, 3.05) is 52.4 Å². The maximum Gasteiger partial charge on any atom is 0.133 e. The van der Waals surface area contributed by atoms with Gasteiger partial charge in [-0.15, -0.1) is 0 Å². The van der Waals surface area contributed by atoms with Crippen molar-refractivity contribution >= 4 is 12.4 Å². The molecule has 5 nitrogen and oxygen atoms in total. The number of hydrogen-bond acceptors (Lipinski definition) is 5. The summed E-state index contributed by atoms with van der Waals surface area (Å²) < 4.78 is 0. The summed E-state index contributed by atoms with van der Waals surface area (Å²) in [6.07, 6.45) is 8.89. The standard InChI is InChI=1S/C24H38N4O/c1-24(2,3)22-16-20(18-25-8-14-27-10-4-5-11-27)23(29)21(17-22)19-26-9-15-28-12-6-7-13-28/h16-19,29H,4-15H2,1-3H3. The lowest BCUT2D eigenvalue weighted by atomic mass is 9.85. The molecule has 0 radical (unpaired) electrons. The molecule has 5 heteroatoms. The summed E-state index contributed by atoms with van der Waals surface area (Å²) in [6.45, 7) is 14.9. The minimum absolute atomic E-state index is 0.00395. The molecule has 2 heterocycles. The first-order valence-electron chi connectivity index (χ1n) is 11.3. The molecule has 0 aromatic heterocycles. The van der Waals surface area contributed by atoms with Gasteiger partial charge in [0.05, 0.1) is 13.1 Å². The van der Waals surface area contributed by atoms with Gasteiger partial charge in [-0.25, -0.2) is 0 Å². The summed E-state index contributed by atoms with van der Waals surface area (Å²) in [6, 6.07) is 4.13. The second-order valence-corrected chi connectivity index (χ2v) is 9.42. The van der Waals surface area contributed by atoms with Crippen molar-refractivity contribution in [3.63, 3.8) is 0 Å². The van der Waals surface area contributed by atoms with Crippen LogP contribution in [-0.2, 0) is 5.41 Å². The molecule has 160 valence electrons. The average Bonchev–Trinajstić information content (AvgIpc) is 3.37. The lowest BCUT2D eigenvalue weighted by Gasteiger charge is -2.21. The van der Waals surface area contributed by atoms with Crippen molar-refractivity contribution in [2.45, 2.75) is 51.9 Å². The van der Waals surface area contributed by atoms with Crippen LogP contribution in [0.3, 0.4) is 0 Å². The van der Waals surface area contributed by atoms with Gasteiger partial charge in [-0.2, -0.15) is 0 Å². The van der Waals surface area contributed by atoms with Gasteiger partial charge < -0.3 is 14.9 Å². The van der Waals surface area contributed by atoms with Crippen LogP contribution in [0.25, 0.3) is 0 Å². The van der Waals surface area contributed by atoms with E-state index in [0.29, 0.717) is 0 Å². The lowest BCUT2D eigenvalue weighted by Crippen LogP contribution is -2.22. The molecule has 0 saturated carbocycles. The van der Waals surface area contributed by atoms with E-state index < -0.39 is 0 Å². The quantitative estimate of drug-likeness (QED) is 0.679. The third kappa shape index (κ3) is 6.65. The summed E-state index contributed by atoms with van der Waals surface area (Å²) in [4.78, 5) is 14.1. The molecule has 1 aromatic carbocycles. The number of phenols is 1. The van der Waals surface area contributed by atoms with Crippen LogP contribution < -0.4 is 0 Å². The topological polar surface area (TPSA) is 51.4 Å². The second-order valence-electron chi connectivity index (χ2n) is 9.42. The van der Waals surface area contributed by atoms with E-state index >= 15 is 0 Å². The van der Waals surface area contributed by atoms with Crippen molar-refractivity contribution in [1.82, 2.24) is 9.80 Å². The van der Waals surface area contributed by atoms with E-state index in [1.807, 2.05) is 12.4 Å². The smallest absolute Gasteiger partial charge is 0.133 e. The van der Waals surface area contributed by atoms with Gasteiger partial charge in [-0.05, 0) is 75.0 Å². The number of hydrogen-bond donors (Lipinski definition) is 1. The molecule has 0 spiro atoms. The Morgan fingerprint density at radius 3 is 1.62 bits per heavy atom. The Kier molecular flexibility index (Phi) is 7.84. The largest absolute Gasteiger partial charge is 0.507 e. The number of rotatable bonds is 8. The lowest BCUT2D eigenvalue weighted by molar-refractivity contribution is 0.349. The third-order valence-electron chi connectivity index (χ3n) is 5.98. The number of benzene rings is 1. The van der Waals surface area contributed by atoms with Gasteiger partial charge in [0.1, 0.15) is 5.75 Å². The fourth-order valence-electron chi connectivity index (χ4n) is 4.05. The minimum atomic E-state index is 0.00395. The Morgan fingerprint density at radius 1 is 0.828 bits per heavy atom. The van der Waals surface area contributed by atoms with Crippen molar-refractivity contribution in [3.05, 3.63) is 28.8 Å². The zero-order valence-electron chi connectivity index (χ0n) is 18.5. The van der Waals surface area contributed by atoms with Crippen LogP contribution in [0.2, 0.25) is 0 Å². The normalized spacial score (nSPS) is 19.3. The Labute approximate surface area is 176 Å². The summed E-state index contributed by atoms with van der Waals surface area (Å²) >= 11 is 0. The van der Waals surface area contributed by atoms with Gasteiger partial charge in [0.25, 0.3) is 0 Å². The fraction of sp³-hybridized carbons (Fsp3) is 0.667. The van der Waals surface area contributed by atoms with Gasteiger partial charge in [0.15, 0.2) is 0 Å². The summed E-state index contributed by atoms with van der Waals surface area (Å²) in [5.74, 6) is 0.285. The van der Waals surface area contributed by atoms with Gasteiger partial charge in [-0.3, -0.25) is 9.98 Å². The highest BCUT2D eigenvalue weighted by atomic mass is 16.3. The van der Waals surface area contributed by atoms with E-state index in [4.69, 9.17) is 0 Å². The highest BCUT2D eigenvalue weighted by Crippen LogP contribution is 2.29. The molecule has 3 rings (SSSR count). The average molecular weight is 399 g/mol. The van der Waals surface area contributed by atoms with Crippen LogP contribution in [0.4, 0.5) is 0 Å². The van der Waals surface area contributed by atoms with Crippen LogP contribution in [0.5, 0.6) is 5.75 Å². The molecule has 2 aliphatic rings. The van der Waals surface area contributed by atoms with E-state index in [-0.39, 0.29) is 11.2 Å². The first-order valence-corrected chi connectivity index (χ1v) is 11.3. The molecule has 0 amide bonds. The molecular weight excluding hydrogens is 360 g/mol. The minimum Gasteiger partial charge on any atom is -0.507 e. The molecule has 29 heavy (non-hydrogen) atoms. The van der Waals surface area contributed by atoms with Crippen molar-refractivity contribution < 1.29 is 5.11 Å². The first kappa shape index (κ1) is 22.0. The zero-order valence-corrected chi connectivity index (χ0v) is 18.5. The molecule has 2 aliphatic heterocycles. The molecule has 1 aromatic rings. The SMILES string of the molecule is CC(C)(C)c1cc(C=NCCN2CCCC2)c(O)c(C=NCCN2CCCC2)c1. The van der Waals surface area contributed by atoms with Crippen molar-refractivity contribution in [1.29, 1.82) is 0 Å². The molecule has 0 unspecified atom stereocenters. The summed E-state index contributed by atoms with van der Waals surface area (Å²) in [5, 5.41) is 10.8. The molecule has 2 saturated heterocycles. The maximum absolute atomic E-state index is 10.8. The molecular formula is C24H38N4O. The third-order valence-corrected chi connectivity index (χ3v) is 5.98. The molecule has 0 aliphatic carbocycles. The Morgan fingerprint density at radius 2 is 1.24 bits per heavy atom. The zero-order chi connectivity index (χ0) is 20.7. The maximum atomic E-state index is 10.8. The Bertz CT molecular complexity index is 657. The van der Waals surface area contributed by atoms with E-state index in [9.17, 15) is 5.11 Å². The van der Waals surface area contributed by atoms with Crippen molar-refractivity contribution in [3.8, 4) is 5.75 Å². The van der Waals surface area contributed by atoms with E-state index in [1.54, 1.807) is 0 Å². The fourth-order valence-corrected chi connectivity index (χ4v) is 4.05. The number of phenolic OH excluding ortho intramolecular Hbond substituents is 1. The molecule has 0 bridgehead atoms. The van der Waals surface area contributed by atoms with Crippen LogP contribution in [-0.4, -0.2) is 79.7 Å². The first-order chi connectivity index (χ1) is 13.9. The number of aliphatic imine (C=N–C) groups is 2. The Hall–Kier alpha value is -1.72. The monoisotopic (exact) mass is 398 g/mol. The van der Waals surface area contributed by atoms with Gasteiger partial charge in [-0.1, -0.05) is 20.8 Å².